The second-order valence-electron chi connectivity index (χ2n) is 4.61. The number of nitrogens with one attached hydrogen (secondary N) is 1. The monoisotopic (exact) mass is 292 g/mol. The Morgan fingerprint density at radius 3 is 2.40 bits per heavy atom. The molecule has 0 saturated carbocycles. The molecule has 0 unspecified atom stereocenters. The first-order chi connectivity index (χ1) is 9.38. The number of halogens is 2. The normalized spacial score (nSPS) is 10.4. The molecule has 3 nitrogen and oxygen atoms in total. The predicted octanol–water partition coefficient (Wildman–Crippen LogP) is 3.93. The van der Waals surface area contributed by atoms with Crippen molar-refractivity contribution in [3.05, 3.63) is 57.9 Å². The lowest BCUT2D eigenvalue weighted by Gasteiger charge is -2.13. The van der Waals surface area contributed by atoms with E-state index in [2.05, 4.69) is 5.32 Å². The van der Waals surface area contributed by atoms with Gasteiger partial charge in [-0.05, 0) is 55.3 Å². The van der Waals surface area contributed by atoms with Crippen LogP contribution >= 0.6 is 11.6 Å². The zero-order chi connectivity index (χ0) is 14.9. The lowest BCUT2D eigenvalue weighted by atomic mass is 10.1. The van der Waals surface area contributed by atoms with Gasteiger partial charge in [-0.2, -0.15) is 0 Å². The molecule has 0 aliphatic rings. The molecule has 0 aliphatic heterocycles. The van der Waals surface area contributed by atoms with Crippen molar-refractivity contribution in [3.8, 4) is 0 Å². The highest BCUT2D eigenvalue weighted by Gasteiger charge is 2.14. The first kappa shape index (κ1) is 14.3. The molecule has 2 aromatic carbocycles. The molecule has 0 aliphatic carbocycles. The van der Waals surface area contributed by atoms with Crippen molar-refractivity contribution in [1.29, 1.82) is 0 Å². The summed E-state index contributed by atoms with van der Waals surface area (Å²) in [6.07, 6.45) is 0. The summed E-state index contributed by atoms with van der Waals surface area (Å²) in [5, 5.41) is 3.00. The molecule has 5 heteroatoms. The molecule has 0 atom stereocenters. The van der Waals surface area contributed by atoms with E-state index >= 15 is 0 Å². The molecule has 0 bridgehead atoms. The molecule has 3 N–H and O–H groups in total. The van der Waals surface area contributed by atoms with Crippen molar-refractivity contribution in [2.75, 3.05) is 11.1 Å². The Balaban J connectivity index is 2.35. The van der Waals surface area contributed by atoms with Crippen LogP contribution in [0.3, 0.4) is 0 Å². The second kappa shape index (κ2) is 5.51. The van der Waals surface area contributed by atoms with Gasteiger partial charge < -0.3 is 11.1 Å². The molecule has 0 heterocycles. The number of hydrogen-bond donors (Lipinski definition) is 2. The van der Waals surface area contributed by atoms with E-state index in [4.69, 9.17) is 17.3 Å². The summed E-state index contributed by atoms with van der Waals surface area (Å²) in [5.74, 6) is -1.15. The van der Waals surface area contributed by atoms with Crippen molar-refractivity contribution >= 4 is 28.9 Å². The molecule has 104 valence electrons. The maximum absolute atomic E-state index is 13.6. The third-order valence-electron chi connectivity index (χ3n) is 2.97. The fraction of sp³-hybridized carbons (Fsp3) is 0.133. The average Bonchev–Trinajstić information content (AvgIpc) is 2.36. The predicted molar refractivity (Wildman–Crippen MR) is 79.7 cm³/mol. The largest absolute Gasteiger partial charge is 0.399 e. The van der Waals surface area contributed by atoms with Gasteiger partial charge in [-0.25, -0.2) is 4.39 Å². The van der Waals surface area contributed by atoms with E-state index in [0.717, 1.165) is 11.1 Å². The Morgan fingerprint density at radius 1 is 1.20 bits per heavy atom. The molecule has 2 rings (SSSR count). The quantitative estimate of drug-likeness (QED) is 0.824. The summed E-state index contributed by atoms with van der Waals surface area (Å²) in [5.41, 5.74) is 8.52. The van der Waals surface area contributed by atoms with E-state index < -0.39 is 11.7 Å². The van der Waals surface area contributed by atoms with E-state index in [0.29, 0.717) is 16.4 Å². The van der Waals surface area contributed by atoms with Crippen molar-refractivity contribution < 1.29 is 9.18 Å². The Morgan fingerprint density at radius 2 is 1.80 bits per heavy atom. The van der Waals surface area contributed by atoms with Gasteiger partial charge in [0.1, 0.15) is 5.82 Å². The zero-order valence-corrected chi connectivity index (χ0v) is 11.9. The molecule has 2 aromatic rings. The number of amides is 1. The van der Waals surface area contributed by atoms with Crippen LogP contribution in [0.4, 0.5) is 15.8 Å². The number of carbonyl (C=O) groups is 1. The standard InChI is InChI=1S/C15H14ClFN2O/c1-8-5-11(18)6-9(2)14(8)19-15(20)12-7-10(16)3-4-13(12)17/h3-7H,18H2,1-2H3,(H,19,20). The second-order valence-corrected chi connectivity index (χ2v) is 5.04. The minimum Gasteiger partial charge on any atom is -0.399 e. The van der Waals surface area contributed by atoms with E-state index in [1.54, 1.807) is 12.1 Å². The number of hydrogen-bond acceptors (Lipinski definition) is 2. The van der Waals surface area contributed by atoms with Crippen LogP contribution in [0.2, 0.25) is 5.02 Å². The molecule has 0 radical (unpaired) electrons. The highest BCUT2D eigenvalue weighted by Crippen LogP contribution is 2.24. The van der Waals surface area contributed by atoms with Crippen molar-refractivity contribution in [2.45, 2.75) is 13.8 Å². The molecule has 20 heavy (non-hydrogen) atoms. The zero-order valence-electron chi connectivity index (χ0n) is 11.1. The minimum absolute atomic E-state index is 0.0897. The third-order valence-corrected chi connectivity index (χ3v) is 3.20. The number of benzene rings is 2. The highest BCUT2D eigenvalue weighted by molar-refractivity contribution is 6.31. The maximum atomic E-state index is 13.6. The van der Waals surface area contributed by atoms with Gasteiger partial charge >= 0.3 is 0 Å². The van der Waals surface area contributed by atoms with E-state index in [1.165, 1.54) is 18.2 Å². The Bertz CT molecular complexity index is 663. The molecule has 0 saturated heterocycles. The molecular weight excluding hydrogens is 279 g/mol. The van der Waals surface area contributed by atoms with Crippen LogP contribution in [-0.2, 0) is 0 Å². The Hall–Kier alpha value is -2.07. The van der Waals surface area contributed by atoms with Gasteiger partial charge in [0, 0.05) is 16.4 Å². The molecule has 1 amide bonds. The van der Waals surface area contributed by atoms with Gasteiger partial charge in [0.2, 0.25) is 0 Å². The molecule has 0 fully saturated rings. The number of anilines is 2. The van der Waals surface area contributed by atoms with Crippen molar-refractivity contribution in [3.63, 3.8) is 0 Å². The minimum atomic E-state index is -0.613. The van der Waals surface area contributed by atoms with Crippen LogP contribution in [0.5, 0.6) is 0 Å². The van der Waals surface area contributed by atoms with Crippen LogP contribution in [0, 0.1) is 19.7 Å². The number of carbonyl (C=O) groups excluding carboxylic acids is 1. The van der Waals surface area contributed by atoms with Gasteiger partial charge in [0.05, 0.1) is 5.56 Å². The van der Waals surface area contributed by atoms with Gasteiger partial charge in [0.25, 0.3) is 5.91 Å². The molecule has 0 spiro atoms. The van der Waals surface area contributed by atoms with Gasteiger partial charge in [-0.3, -0.25) is 4.79 Å². The summed E-state index contributed by atoms with van der Waals surface area (Å²) in [6.45, 7) is 3.65. The maximum Gasteiger partial charge on any atom is 0.258 e. The van der Waals surface area contributed by atoms with E-state index in [-0.39, 0.29) is 5.56 Å². The molecular formula is C15H14ClFN2O. The fourth-order valence-electron chi connectivity index (χ4n) is 2.05. The third kappa shape index (κ3) is 2.91. The van der Waals surface area contributed by atoms with E-state index in [1.807, 2.05) is 13.8 Å². The number of rotatable bonds is 2. The highest BCUT2D eigenvalue weighted by atomic mass is 35.5. The van der Waals surface area contributed by atoms with Crippen molar-refractivity contribution in [1.82, 2.24) is 0 Å². The first-order valence-corrected chi connectivity index (χ1v) is 6.39. The number of aryl methyl sites for hydroxylation is 2. The van der Waals surface area contributed by atoms with Gasteiger partial charge in [-0.15, -0.1) is 0 Å². The summed E-state index contributed by atoms with van der Waals surface area (Å²) in [6, 6.07) is 7.36. The fourth-order valence-corrected chi connectivity index (χ4v) is 2.22. The molecule has 0 aromatic heterocycles. The first-order valence-electron chi connectivity index (χ1n) is 6.01. The Kier molecular flexibility index (Phi) is 3.95. The lowest BCUT2D eigenvalue weighted by molar-refractivity contribution is 0.102. The number of nitrogens with two attached hydrogens (primary N) is 1. The topological polar surface area (TPSA) is 55.1 Å². The summed E-state index contributed by atoms with van der Waals surface area (Å²) < 4.78 is 13.6. The van der Waals surface area contributed by atoms with Gasteiger partial charge in [0.15, 0.2) is 0 Å². The van der Waals surface area contributed by atoms with Crippen LogP contribution < -0.4 is 11.1 Å². The van der Waals surface area contributed by atoms with Crippen LogP contribution in [0.1, 0.15) is 21.5 Å². The number of nitrogen functional groups attached to an aromatic ring is 1. The van der Waals surface area contributed by atoms with Crippen molar-refractivity contribution in [2.24, 2.45) is 0 Å². The average molecular weight is 293 g/mol. The smallest absolute Gasteiger partial charge is 0.258 e. The van der Waals surface area contributed by atoms with Crippen LogP contribution in [-0.4, -0.2) is 5.91 Å². The van der Waals surface area contributed by atoms with E-state index in [9.17, 15) is 9.18 Å². The van der Waals surface area contributed by atoms with Crippen LogP contribution in [0.25, 0.3) is 0 Å². The lowest BCUT2D eigenvalue weighted by Crippen LogP contribution is -2.15. The van der Waals surface area contributed by atoms with Gasteiger partial charge in [-0.1, -0.05) is 11.6 Å². The Labute approximate surface area is 121 Å². The SMILES string of the molecule is Cc1cc(N)cc(C)c1NC(=O)c1cc(Cl)ccc1F. The summed E-state index contributed by atoms with van der Waals surface area (Å²) in [7, 11) is 0. The summed E-state index contributed by atoms with van der Waals surface area (Å²) >= 11 is 5.78. The summed E-state index contributed by atoms with van der Waals surface area (Å²) in [4.78, 5) is 12.1. The van der Waals surface area contributed by atoms with Crippen LogP contribution in [0.15, 0.2) is 30.3 Å².